The van der Waals surface area contributed by atoms with E-state index in [2.05, 4.69) is 67.9 Å². The first-order chi connectivity index (χ1) is 7.89. The van der Waals surface area contributed by atoms with E-state index < -0.39 is 0 Å². The van der Waals surface area contributed by atoms with Crippen molar-refractivity contribution in [1.29, 1.82) is 0 Å². The number of halogens is 1. The molecule has 0 radical (unpaired) electrons. The fourth-order valence-electron chi connectivity index (χ4n) is 2.33. The molecule has 0 aliphatic heterocycles. The molecule has 1 fully saturated rings. The van der Waals surface area contributed by atoms with Gasteiger partial charge in [0.25, 0.3) is 0 Å². The van der Waals surface area contributed by atoms with Crippen molar-refractivity contribution in [1.82, 2.24) is 0 Å². The minimum Gasteiger partial charge on any atom is -0.0836 e. The summed E-state index contributed by atoms with van der Waals surface area (Å²) < 4.78 is 0. The van der Waals surface area contributed by atoms with E-state index in [9.17, 15) is 0 Å². The molecular formula is C16H23Br. The van der Waals surface area contributed by atoms with Crippen LogP contribution in [0, 0.1) is 11.8 Å². The molecule has 2 unspecified atom stereocenters. The van der Waals surface area contributed by atoms with Crippen molar-refractivity contribution in [3.8, 4) is 0 Å². The van der Waals surface area contributed by atoms with Gasteiger partial charge in [-0.05, 0) is 41.2 Å². The molecule has 1 aromatic carbocycles. The topological polar surface area (TPSA) is 0 Å². The van der Waals surface area contributed by atoms with Crippen LogP contribution >= 0.6 is 15.9 Å². The molecule has 0 nitrogen and oxygen atoms in total. The lowest BCUT2D eigenvalue weighted by molar-refractivity contribution is 0.502. The molecule has 0 bridgehead atoms. The highest BCUT2D eigenvalue weighted by Crippen LogP contribution is 2.46. The van der Waals surface area contributed by atoms with Gasteiger partial charge in [0, 0.05) is 4.83 Å². The zero-order valence-electron chi connectivity index (χ0n) is 11.3. The lowest BCUT2D eigenvalue weighted by atomic mass is 9.86. The fourth-order valence-corrected chi connectivity index (χ4v) is 3.07. The largest absolute Gasteiger partial charge is 0.0836 e. The standard InChI is InChI=1S/C16H23Br/c1-11(12-5-6-12)15(17)13-7-9-14(10-8-13)16(2,3)4/h7-12,15H,5-6H2,1-4H3. The molecule has 1 aromatic rings. The highest BCUT2D eigenvalue weighted by Gasteiger charge is 2.32. The van der Waals surface area contributed by atoms with E-state index in [1.807, 2.05) is 0 Å². The van der Waals surface area contributed by atoms with Crippen LogP contribution in [0.15, 0.2) is 24.3 Å². The fraction of sp³-hybridized carbons (Fsp3) is 0.625. The quantitative estimate of drug-likeness (QED) is 0.649. The number of hydrogen-bond acceptors (Lipinski definition) is 0. The molecule has 2 rings (SSSR count). The summed E-state index contributed by atoms with van der Waals surface area (Å²) in [6, 6.07) is 9.14. The summed E-state index contributed by atoms with van der Waals surface area (Å²) in [5.74, 6) is 1.71. The first kappa shape index (κ1) is 13.1. The second-order valence-electron chi connectivity index (χ2n) is 6.47. The van der Waals surface area contributed by atoms with Gasteiger partial charge in [-0.2, -0.15) is 0 Å². The third kappa shape index (κ3) is 3.13. The molecule has 0 spiro atoms. The van der Waals surface area contributed by atoms with Gasteiger partial charge in [-0.25, -0.2) is 0 Å². The first-order valence-corrected chi connectivity index (χ1v) is 7.55. The Morgan fingerprint density at radius 3 is 2.06 bits per heavy atom. The van der Waals surface area contributed by atoms with Gasteiger partial charge in [0.2, 0.25) is 0 Å². The van der Waals surface area contributed by atoms with E-state index in [1.165, 1.54) is 24.0 Å². The molecular weight excluding hydrogens is 272 g/mol. The van der Waals surface area contributed by atoms with E-state index in [0.717, 1.165) is 11.8 Å². The summed E-state index contributed by atoms with van der Waals surface area (Å²) in [7, 11) is 0. The van der Waals surface area contributed by atoms with E-state index in [0.29, 0.717) is 4.83 Å². The van der Waals surface area contributed by atoms with Gasteiger partial charge in [0.05, 0.1) is 0 Å². The van der Waals surface area contributed by atoms with Crippen molar-refractivity contribution in [2.75, 3.05) is 0 Å². The molecule has 0 amide bonds. The zero-order chi connectivity index (χ0) is 12.6. The number of alkyl halides is 1. The third-order valence-electron chi connectivity index (χ3n) is 3.92. The molecule has 2 atom stereocenters. The van der Waals surface area contributed by atoms with Crippen molar-refractivity contribution in [3.63, 3.8) is 0 Å². The van der Waals surface area contributed by atoms with Crippen molar-refractivity contribution < 1.29 is 0 Å². The zero-order valence-corrected chi connectivity index (χ0v) is 12.9. The molecule has 1 heteroatoms. The van der Waals surface area contributed by atoms with E-state index in [-0.39, 0.29) is 5.41 Å². The summed E-state index contributed by atoms with van der Waals surface area (Å²) in [5.41, 5.74) is 3.10. The number of benzene rings is 1. The maximum absolute atomic E-state index is 3.87. The van der Waals surface area contributed by atoms with E-state index in [1.54, 1.807) is 0 Å². The summed E-state index contributed by atoms with van der Waals surface area (Å²) in [5, 5.41) is 0. The van der Waals surface area contributed by atoms with Crippen LogP contribution in [0.1, 0.15) is 56.5 Å². The normalized spacial score (nSPS) is 20.1. The molecule has 0 saturated heterocycles. The number of hydrogen-bond donors (Lipinski definition) is 0. The van der Waals surface area contributed by atoms with E-state index >= 15 is 0 Å². The van der Waals surface area contributed by atoms with Gasteiger partial charge < -0.3 is 0 Å². The summed E-state index contributed by atoms with van der Waals surface area (Å²) in [6.07, 6.45) is 2.84. The van der Waals surface area contributed by atoms with Crippen LogP contribution in [0.4, 0.5) is 0 Å². The maximum atomic E-state index is 3.87. The number of rotatable bonds is 3. The van der Waals surface area contributed by atoms with Crippen molar-refractivity contribution in [2.24, 2.45) is 11.8 Å². The van der Waals surface area contributed by atoms with Crippen LogP contribution in [-0.2, 0) is 5.41 Å². The Balaban J connectivity index is 2.11. The molecule has 0 N–H and O–H groups in total. The molecule has 0 aromatic heterocycles. The second kappa shape index (κ2) is 4.76. The van der Waals surface area contributed by atoms with E-state index in [4.69, 9.17) is 0 Å². The summed E-state index contributed by atoms with van der Waals surface area (Å²) in [4.78, 5) is 0.518. The Hall–Kier alpha value is -0.300. The minimum absolute atomic E-state index is 0.252. The molecule has 94 valence electrons. The highest BCUT2D eigenvalue weighted by molar-refractivity contribution is 9.09. The van der Waals surface area contributed by atoms with Gasteiger partial charge in [-0.3, -0.25) is 0 Å². The molecule has 1 saturated carbocycles. The Morgan fingerprint density at radius 1 is 1.12 bits per heavy atom. The predicted molar refractivity (Wildman–Crippen MR) is 78.7 cm³/mol. The third-order valence-corrected chi connectivity index (χ3v) is 5.28. The molecule has 1 aliphatic carbocycles. The van der Waals surface area contributed by atoms with Gasteiger partial charge in [-0.1, -0.05) is 67.9 Å². The lowest BCUT2D eigenvalue weighted by Gasteiger charge is -2.22. The summed E-state index contributed by atoms with van der Waals surface area (Å²) in [6.45, 7) is 9.16. The Bertz CT molecular complexity index is 368. The average molecular weight is 295 g/mol. The van der Waals surface area contributed by atoms with Gasteiger partial charge in [-0.15, -0.1) is 0 Å². The first-order valence-electron chi connectivity index (χ1n) is 6.64. The average Bonchev–Trinajstić information content (AvgIpc) is 3.10. The van der Waals surface area contributed by atoms with Crippen LogP contribution in [0.5, 0.6) is 0 Å². The SMILES string of the molecule is CC(C1CC1)C(Br)c1ccc(C(C)(C)C)cc1. The van der Waals surface area contributed by atoms with Gasteiger partial charge in [0.1, 0.15) is 0 Å². The van der Waals surface area contributed by atoms with Crippen molar-refractivity contribution in [2.45, 2.75) is 50.8 Å². The second-order valence-corrected chi connectivity index (χ2v) is 7.46. The van der Waals surface area contributed by atoms with Gasteiger partial charge in [0.15, 0.2) is 0 Å². The van der Waals surface area contributed by atoms with Crippen LogP contribution in [0.25, 0.3) is 0 Å². The smallest absolute Gasteiger partial charge is 0.0423 e. The lowest BCUT2D eigenvalue weighted by Crippen LogP contribution is -2.11. The van der Waals surface area contributed by atoms with Crippen LogP contribution in [0.3, 0.4) is 0 Å². The predicted octanol–water partition coefficient (Wildman–Crippen LogP) is 5.47. The van der Waals surface area contributed by atoms with Crippen molar-refractivity contribution >= 4 is 15.9 Å². The molecule has 1 aliphatic rings. The van der Waals surface area contributed by atoms with Crippen molar-refractivity contribution in [3.05, 3.63) is 35.4 Å². The Kier molecular flexibility index (Phi) is 3.68. The Labute approximate surface area is 114 Å². The van der Waals surface area contributed by atoms with Crippen LogP contribution < -0.4 is 0 Å². The molecule has 17 heavy (non-hydrogen) atoms. The van der Waals surface area contributed by atoms with Crippen LogP contribution in [0.2, 0.25) is 0 Å². The highest BCUT2D eigenvalue weighted by atomic mass is 79.9. The Morgan fingerprint density at radius 2 is 1.65 bits per heavy atom. The monoisotopic (exact) mass is 294 g/mol. The van der Waals surface area contributed by atoms with Crippen LogP contribution in [-0.4, -0.2) is 0 Å². The molecule has 0 heterocycles. The maximum Gasteiger partial charge on any atom is 0.0423 e. The minimum atomic E-state index is 0.252. The van der Waals surface area contributed by atoms with Gasteiger partial charge >= 0.3 is 0 Å². The summed E-state index contributed by atoms with van der Waals surface area (Å²) >= 11 is 3.87.